The molecule has 0 heterocycles. The third kappa shape index (κ3) is 4.52. The van der Waals surface area contributed by atoms with Crippen LogP contribution in [-0.4, -0.2) is 31.1 Å². The van der Waals surface area contributed by atoms with Gasteiger partial charge < -0.3 is 10.6 Å². The Morgan fingerprint density at radius 2 is 2.18 bits per heavy atom. The molecule has 0 aliphatic heterocycles. The molecule has 0 spiro atoms. The minimum Gasteiger partial charge on any atom is -0.325 e. The van der Waals surface area contributed by atoms with Crippen molar-refractivity contribution in [3.63, 3.8) is 0 Å². The molecular weight excluding hydrogens is 142 g/mol. The summed E-state index contributed by atoms with van der Waals surface area (Å²) >= 11 is 0. The maximum Gasteiger partial charge on any atom is 0.213 e. The van der Waals surface area contributed by atoms with E-state index in [1.54, 1.807) is 26.4 Å². The van der Waals surface area contributed by atoms with E-state index < -0.39 is 5.66 Å². The van der Waals surface area contributed by atoms with E-state index >= 15 is 0 Å². The fourth-order valence-electron chi connectivity index (χ4n) is 0.391. The molecule has 1 unspecified atom stereocenters. The maximum atomic E-state index is 10.1. The number of nitrogens with one attached hydrogen (secondary N) is 1. The van der Waals surface area contributed by atoms with Crippen LogP contribution in [0.25, 0.3) is 0 Å². The van der Waals surface area contributed by atoms with Gasteiger partial charge in [-0.15, -0.1) is 0 Å². The minimum atomic E-state index is -0.558. The first-order chi connectivity index (χ1) is 5.02. The Morgan fingerprint density at radius 1 is 1.64 bits per heavy atom. The summed E-state index contributed by atoms with van der Waals surface area (Å²) in [5, 5.41) is 2.87. The number of nitrogens with zero attached hydrogens (tertiary/aromatic N) is 1. The fourth-order valence-corrected chi connectivity index (χ4v) is 0.391. The third-order valence-electron chi connectivity index (χ3n) is 1.36. The number of carbonyl (C=O) groups excluding carboxylic acids is 1. The monoisotopic (exact) mass is 157 g/mol. The lowest BCUT2D eigenvalue weighted by Gasteiger charge is -2.19. The topological polar surface area (TPSA) is 58.4 Å². The molecule has 4 nitrogen and oxygen atoms in total. The molecule has 0 saturated carbocycles. The lowest BCUT2D eigenvalue weighted by atomic mass is 10.2. The van der Waals surface area contributed by atoms with Gasteiger partial charge >= 0.3 is 0 Å². The van der Waals surface area contributed by atoms with Gasteiger partial charge in [0.05, 0.1) is 5.66 Å². The molecule has 0 aromatic rings. The van der Waals surface area contributed by atoms with E-state index in [-0.39, 0.29) is 0 Å². The van der Waals surface area contributed by atoms with E-state index in [0.29, 0.717) is 6.41 Å². The van der Waals surface area contributed by atoms with Gasteiger partial charge in [0.25, 0.3) is 0 Å². The van der Waals surface area contributed by atoms with Crippen LogP contribution in [0.5, 0.6) is 0 Å². The van der Waals surface area contributed by atoms with Crippen molar-refractivity contribution >= 4 is 6.41 Å². The van der Waals surface area contributed by atoms with Crippen molar-refractivity contribution in [1.82, 2.24) is 10.2 Å². The Balaban J connectivity index is 4.00. The van der Waals surface area contributed by atoms with Crippen LogP contribution in [0.1, 0.15) is 6.92 Å². The summed E-state index contributed by atoms with van der Waals surface area (Å²) in [7, 11) is 3.40. The molecule has 3 N–H and O–H groups in total. The van der Waals surface area contributed by atoms with Gasteiger partial charge in [-0.25, -0.2) is 0 Å². The van der Waals surface area contributed by atoms with Crippen LogP contribution in [0.15, 0.2) is 12.3 Å². The van der Waals surface area contributed by atoms with E-state index in [2.05, 4.69) is 5.32 Å². The number of hydrogen-bond acceptors (Lipinski definition) is 3. The Labute approximate surface area is 67.1 Å². The predicted octanol–water partition coefficient (Wildman–Crippen LogP) is -0.517. The van der Waals surface area contributed by atoms with Crippen molar-refractivity contribution in [2.24, 2.45) is 5.73 Å². The molecule has 0 aromatic heterocycles. The van der Waals surface area contributed by atoms with Crippen molar-refractivity contribution in [3.8, 4) is 0 Å². The molecular formula is C7H15N3O. The molecule has 0 rings (SSSR count). The Hall–Kier alpha value is -0.870. The predicted molar refractivity (Wildman–Crippen MR) is 44.6 cm³/mol. The van der Waals surface area contributed by atoms with Crippen molar-refractivity contribution < 1.29 is 4.79 Å². The van der Waals surface area contributed by atoms with Crippen LogP contribution >= 0.6 is 0 Å². The van der Waals surface area contributed by atoms with Gasteiger partial charge in [0.2, 0.25) is 6.41 Å². The van der Waals surface area contributed by atoms with Gasteiger partial charge in [-0.1, -0.05) is 0 Å². The van der Waals surface area contributed by atoms with E-state index in [1.807, 2.05) is 6.92 Å². The summed E-state index contributed by atoms with van der Waals surface area (Å²) in [6, 6.07) is 0. The number of hydrogen-bond donors (Lipinski definition) is 2. The lowest BCUT2D eigenvalue weighted by Crippen LogP contribution is -2.47. The van der Waals surface area contributed by atoms with Crippen LogP contribution in [0.3, 0.4) is 0 Å². The Bertz CT molecular complexity index is 154. The second-order valence-electron chi connectivity index (χ2n) is 2.62. The highest BCUT2D eigenvalue weighted by atomic mass is 16.1. The molecule has 1 amide bonds. The molecule has 0 aromatic carbocycles. The number of amides is 1. The van der Waals surface area contributed by atoms with E-state index in [4.69, 9.17) is 5.73 Å². The van der Waals surface area contributed by atoms with Crippen LogP contribution in [0, 0.1) is 0 Å². The second kappa shape index (κ2) is 4.10. The molecule has 1 atom stereocenters. The largest absolute Gasteiger partial charge is 0.325 e. The zero-order valence-electron chi connectivity index (χ0n) is 7.16. The van der Waals surface area contributed by atoms with E-state index in [9.17, 15) is 4.79 Å². The van der Waals surface area contributed by atoms with Crippen LogP contribution in [0.4, 0.5) is 0 Å². The first-order valence-corrected chi connectivity index (χ1v) is 3.36. The minimum absolute atomic E-state index is 0.558. The quantitative estimate of drug-likeness (QED) is 0.426. The zero-order valence-corrected chi connectivity index (χ0v) is 7.16. The number of nitrogens with two attached hydrogens (primary N) is 1. The molecule has 4 heteroatoms. The molecule has 0 saturated heterocycles. The molecule has 0 bridgehead atoms. The van der Waals surface area contributed by atoms with Crippen molar-refractivity contribution in [3.05, 3.63) is 12.3 Å². The van der Waals surface area contributed by atoms with Gasteiger partial charge in [-0.05, 0) is 20.0 Å². The number of likely N-dealkylation sites (N-methyl/N-ethyl adjacent to an activating group) is 1. The molecule has 0 aliphatic rings. The first-order valence-electron chi connectivity index (χ1n) is 3.36. The summed E-state index contributed by atoms with van der Waals surface area (Å²) in [6.45, 7) is 1.81. The summed E-state index contributed by atoms with van der Waals surface area (Å²) in [6.07, 6.45) is 4.03. The number of rotatable bonds is 4. The molecule has 0 aliphatic carbocycles. The summed E-state index contributed by atoms with van der Waals surface area (Å²) < 4.78 is 0. The average molecular weight is 157 g/mol. The molecule has 11 heavy (non-hydrogen) atoms. The van der Waals surface area contributed by atoms with Gasteiger partial charge in [0, 0.05) is 13.2 Å². The van der Waals surface area contributed by atoms with Crippen LogP contribution in [-0.2, 0) is 4.79 Å². The zero-order chi connectivity index (χ0) is 8.91. The summed E-state index contributed by atoms with van der Waals surface area (Å²) in [5.41, 5.74) is 5.12. The standard InChI is InChI=1S/C7H15N3O/c1-7(8,9-2)4-5-10(3)6-11/h4-6,9H,8H2,1-3H3/b5-4-. The highest BCUT2D eigenvalue weighted by molar-refractivity contribution is 5.48. The first kappa shape index (κ1) is 10.1. The Morgan fingerprint density at radius 3 is 2.55 bits per heavy atom. The van der Waals surface area contributed by atoms with Gasteiger partial charge in [0.1, 0.15) is 0 Å². The highest BCUT2D eigenvalue weighted by Crippen LogP contribution is 1.94. The normalized spacial score (nSPS) is 16.4. The van der Waals surface area contributed by atoms with Gasteiger partial charge in [-0.2, -0.15) is 0 Å². The third-order valence-corrected chi connectivity index (χ3v) is 1.36. The van der Waals surface area contributed by atoms with E-state index in [1.165, 1.54) is 4.90 Å². The highest BCUT2D eigenvalue weighted by Gasteiger charge is 2.08. The maximum absolute atomic E-state index is 10.1. The summed E-state index contributed by atoms with van der Waals surface area (Å²) in [4.78, 5) is 11.5. The van der Waals surface area contributed by atoms with E-state index in [0.717, 1.165) is 0 Å². The van der Waals surface area contributed by atoms with Crippen LogP contribution in [0.2, 0.25) is 0 Å². The lowest BCUT2D eigenvalue weighted by molar-refractivity contribution is -0.115. The molecule has 64 valence electrons. The number of carbonyl (C=O) groups is 1. The molecule has 0 fully saturated rings. The fraction of sp³-hybridized carbons (Fsp3) is 0.571. The van der Waals surface area contributed by atoms with Crippen molar-refractivity contribution in [2.75, 3.05) is 14.1 Å². The SMILES string of the molecule is CNC(C)(N)/C=C\N(C)C=O. The molecule has 0 radical (unpaired) electrons. The second-order valence-corrected chi connectivity index (χ2v) is 2.62. The van der Waals surface area contributed by atoms with Crippen LogP contribution < -0.4 is 11.1 Å². The summed E-state index contributed by atoms with van der Waals surface area (Å²) in [5.74, 6) is 0. The average Bonchev–Trinajstić information content (AvgIpc) is 2.00. The van der Waals surface area contributed by atoms with Crippen molar-refractivity contribution in [1.29, 1.82) is 0 Å². The van der Waals surface area contributed by atoms with Crippen molar-refractivity contribution in [2.45, 2.75) is 12.6 Å². The van der Waals surface area contributed by atoms with Gasteiger partial charge in [-0.3, -0.25) is 10.1 Å². The Kier molecular flexibility index (Phi) is 3.78. The smallest absolute Gasteiger partial charge is 0.213 e. The van der Waals surface area contributed by atoms with Gasteiger partial charge in [0.15, 0.2) is 0 Å².